The van der Waals surface area contributed by atoms with E-state index in [1.54, 1.807) is 0 Å². The van der Waals surface area contributed by atoms with Crippen molar-refractivity contribution in [2.24, 2.45) is 0 Å². The van der Waals surface area contributed by atoms with Crippen LogP contribution in [-0.4, -0.2) is 30.8 Å². The van der Waals surface area contributed by atoms with Crippen LogP contribution in [0.2, 0.25) is 0 Å². The zero-order chi connectivity index (χ0) is 12.4. The first-order valence-electron chi connectivity index (χ1n) is 5.99. The van der Waals surface area contributed by atoms with Crippen molar-refractivity contribution < 1.29 is 4.74 Å². The van der Waals surface area contributed by atoms with Crippen LogP contribution < -0.4 is 4.90 Å². The van der Waals surface area contributed by atoms with Gasteiger partial charge in [0.15, 0.2) is 6.10 Å². The normalized spacial score (nSPS) is 19.7. The fourth-order valence-electron chi connectivity index (χ4n) is 2.17. The molecule has 4 nitrogen and oxygen atoms in total. The van der Waals surface area contributed by atoms with Crippen LogP contribution in [0.5, 0.6) is 0 Å². The fraction of sp³-hybridized carbons (Fsp3) is 0.286. The maximum absolute atomic E-state index is 8.91. The molecule has 1 aliphatic heterocycles. The van der Waals surface area contributed by atoms with E-state index >= 15 is 0 Å². The Morgan fingerprint density at radius 2 is 2.17 bits per heavy atom. The molecule has 2 heterocycles. The van der Waals surface area contributed by atoms with Gasteiger partial charge < -0.3 is 9.64 Å². The molecule has 1 saturated heterocycles. The van der Waals surface area contributed by atoms with Crippen molar-refractivity contribution in [3.05, 3.63) is 36.4 Å². The number of benzene rings is 1. The molecule has 18 heavy (non-hydrogen) atoms. The maximum atomic E-state index is 8.91. The molecule has 1 aliphatic rings. The molecule has 1 aromatic carbocycles. The van der Waals surface area contributed by atoms with Crippen molar-refractivity contribution in [1.82, 2.24) is 4.98 Å². The van der Waals surface area contributed by atoms with E-state index in [0.29, 0.717) is 13.2 Å². The van der Waals surface area contributed by atoms with Gasteiger partial charge >= 0.3 is 0 Å². The first kappa shape index (κ1) is 11.0. The van der Waals surface area contributed by atoms with Crippen molar-refractivity contribution in [3.8, 4) is 6.07 Å². The van der Waals surface area contributed by atoms with E-state index in [9.17, 15) is 0 Å². The lowest BCUT2D eigenvalue weighted by Crippen LogP contribution is -2.42. The van der Waals surface area contributed by atoms with E-state index in [2.05, 4.69) is 22.0 Å². The Morgan fingerprint density at radius 3 is 3.06 bits per heavy atom. The van der Waals surface area contributed by atoms with Crippen LogP contribution in [-0.2, 0) is 4.74 Å². The van der Waals surface area contributed by atoms with Gasteiger partial charge in [-0.3, -0.25) is 0 Å². The van der Waals surface area contributed by atoms with Crippen molar-refractivity contribution in [2.75, 3.05) is 24.6 Å². The van der Waals surface area contributed by atoms with Gasteiger partial charge in [0, 0.05) is 11.9 Å². The summed E-state index contributed by atoms with van der Waals surface area (Å²) in [5, 5.41) is 10.0. The lowest BCUT2D eigenvalue weighted by Gasteiger charge is -2.30. The first-order valence-corrected chi connectivity index (χ1v) is 5.99. The van der Waals surface area contributed by atoms with Gasteiger partial charge in [-0.15, -0.1) is 0 Å². The monoisotopic (exact) mass is 239 g/mol. The SMILES string of the molecule is N#CC1CN(c2ccc3ccccc3n2)CCO1. The molecule has 0 N–H and O–H groups in total. The highest BCUT2D eigenvalue weighted by Gasteiger charge is 2.20. The summed E-state index contributed by atoms with van der Waals surface area (Å²) in [4.78, 5) is 6.73. The van der Waals surface area contributed by atoms with E-state index < -0.39 is 0 Å². The van der Waals surface area contributed by atoms with Gasteiger partial charge in [-0.05, 0) is 18.2 Å². The average Bonchev–Trinajstić information content (AvgIpc) is 2.47. The number of pyridine rings is 1. The van der Waals surface area contributed by atoms with E-state index in [1.807, 2.05) is 30.3 Å². The summed E-state index contributed by atoms with van der Waals surface area (Å²) in [5.41, 5.74) is 0.981. The van der Waals surface area contributed by atoms with Gasteiger partial charge in [-0.1, -0.05) is 18.2 Å². The minimum absolute atomic E-state index is 0.355. The van der Waals surface area contributed by atoms with Crippen LogP contribution in [0.1, 0.15) is 0 Å². The number of rotatable bonds is 1. The Kier molecular flexibility index (Phi) is 2.83. The third kappa shape index (κ3) is 2.01. The number of hydrogen-bond donors (Lipinski definition) is 0. The number of hydrogen-bond acceptors (Lipinski definition) is 4. The van der Waals surface area contributed by atoms with Crippen molar-refractivity contribution in [3.63, 3.8) is 0 Å². The summed E-state index contributed by atoms with van der Waals surface area (Å²) >= 11 is 0. The predicted molar refractivity (Wildman–Crippen MR) is 69.3 cm³/mol. The third-order valence-corrected chi connectivity index (χ3v) is 3.12. The van der Waals surface area contributed by atoms with Gasteiger partial charge in [-0.2, -0.15) is 5.26 Å². The van der Waals surface area contributed by atoms with Gasteiger partial charge in [0.05, 0.1) is 24.7 Å². The van der Waals surface area contributed by atoms with E-state index in [-0.39, 0.29) is 6.10 Å². The van der Waals surface area contributed by atoms with Crippen molar-refractivity contribution >= 4 is 16.7 Å². The quantitative estimate of drug-likeness (QED) is 0.763. The molecule has 1 atom stereocenters. The van der Waals surface area contributed by atoms with E-state index in [1.165, 1.54) is 0 Å². The first-order chi connectivity index (χ1) is 8.86. The number of fused-ring (bicyclic) bond motifs is 1. The molecule has 0 saturated carbocycles. The molecular formula is C14H13N3O. The highest BCUT2D eigenvalue weighted by molar-refractivity contribution is 5.80. The second kappa shape index (κ2) is 4.63. The van der Waals surface area contributed by atoms with Gasteiger partial charge in [0.2, 0.25) is 0 Å². The average molecular weight is 239 g/mol. The van der Waals surface area contributed by atoms with Gasteiger partial charge in [-0.25, -0.2) is 4.98 Å². The summed E-state index contributed by atoms with van der Waals surface area (Å²) in [7, 11) is 0. The minimum atomic E-state index is -0.355. The van der Waals surface area contributed by atoms with Crippen LogP contribution in [0.15, 0.2) is 36.4 Å². The Balaban J connectivity index is 1.92. The number of nitrogens with zero attached hydrogens (tertiary/aromatic N) is 3. The Labute approximate surface area is 105 Å². The predicted octanol–water partition coefficient (Wildman–Crippen LogP) is 1.96. The molecule has 0 radical (unpaired) electrons. The van der Waals surface area contributed by atoms with Crippen LogP contribution in [0.4, 0.5) is 5.82 Å². The van der Waals surface area contributed by atoms with Crippen molar-refractivity contribution in [1.29, 1.82) is 5.26 Å². The van der Waals surface area contributed by atoms with Gasteiger partial charge in [0.25, 0.3) is 0 Å². The number of aromatic nitrogens is 1. The number of ether oxygens (including phenoxy) is 1. The second-order valence-electron chi connectivity index (χ2n) is 4.30. The number of anilines is 1. The van der Waals surface area contributed by atoms with E-state index in [4.69, 9.17) is 10.00 Å². The Bertz CT molecular complexity index is 605. The van der Waals surface area contributed by atoms with Crippen LogP contribution in [0.3, 0.4) is 0 Å². The molecule has 1 unspecified atom stereocenters. The minimum Gasteiger partial charge on any atom is -0.360 e. The molecule has 90 valence electrons. The van der Waals surface area contributed by atoms with Crippen LogP contribution in [0, 0.1) is 11.3 Å². The van der Waals surface area contributed by atoms with Gasteiger partial charge in [0.1, 0.15) is 5.82 Å². The topological polar surface area (TPSA) is 49.2 Å². The molecule has 3 rings (SSSR count). The lowest BCUT2D eigenvalue weighted by atomic mass is 10.2. The molecule has 4 heteroatoms. The fourth-order valence-corrected chi connectivity index (χ4v) is 2.17. The Hall–Kier alpha value is -2.12. The van der Waals surface area contributed by atoms with Crippen molar-refractivity contribution in [2.45, 2.75) is 6.10 Å². The summed E-state index contributed by atoms with van der Waals surface area (Å²) in [6.07, 6.45) is -0.355. The zero-order valence-corrected chi connectivity index (χ0v) is 9.91. The number of para-hydroxylation sites is 1. The summed E-state index contributed by atoms with van der Waals surface area (Å²) in [6, 6.07) is 14.2. The Morgan fingerprint density at radius 1 is 1.28 bits per heavy atom. The highest BCUT2D eigenvalue weighted by atomic mass is 16.5. The number of morpholine rings is 1. The second-order valence-corrected chi connectivity index (χ2v) is 4.30. The van der Waals surface area contributed by atoms with Crippen LogP contribution in [0.25, 0.3) is 10.9 Å². The lowest BCUT2D eigenvalue weighted by molar-refractivity contribution is 0.0762. The molecule has 0 amide bonds. The molecule has 0 spiro atoms. The molecule has 0 aliphatic carbocycles. The smallest absolute Gasteiger partial charge is 0.161 e. The molecular weight excluding hydrogens is 226 g/mol. The van der Waals surface area contributed by atoms with Crippen LogP contribution >= 0.6 is 0 Å². The zero-order valence-electron chi connectivity index (χ0n) is 9.91. The molecule has 0 bridgehead atoms. The largest absolute Gasteiger partial charge is 0.360 e. The maximum Gasteiger partial charge on any atom is 0.161 e. The summed E-state index contributed by atoms with van der Waals surface area (Å²) in [6.45, 7) is 1.94. The molecule has 2 aromatic rings. The summed E-state index contributed by atoms with van der Waals surface area (Å²) < 4.78 is 5.34. The van der Waals surface area contributed by atoms with E-state index in [0.717, 1.165) is 23.3 Å². The summed E-state index contributed by atoms with van der Waals surface area (Å²) in [5.74, 6) is 0.914. The number of nitriles is 1. The third-order valence-electron chi connectivity index (χ3n) is 3.12. The molecule has 1 aromatic heterocycles. The molecule has 1 fully saturated rings. The standard InChI is InChI=1S/C14H13N3O/c15-9-12-10-17(7-8-18-12)14-6-5-11-3-1-2-4-13(11)16-14/h1-6,12H,7-8,10H2. The highest BCUT2D eigenvalue weighted by Crippen LogP contribution is 2.19.